The first-order valence-electron chi connectivity index (χ1n) is 9.83. The molecule has 29 heavy (non-hydrogen) atoms. The summed E-state index contributed by atoms with van der Waals surface area (Å²) in [5, 5.41) is 9.36. The van der Waals surface area contributed by atoms with Gasteiger partial charge in [0.1, 0.15) is 11.9 Å². The van der Waals surface area contributed by atoms with Gasteiger partial charge in [0.2, 0.25) is 0 Å². The number of hydrogen-bond acceptors (Lipinski definition) is 6. The molecule has 1 heterocycles. The Labute approximate surface area is 176 Å². The van der Waals surface area contributed by atoms with Crippen molar-refractivity contribution >= 4 is 31.2 Å². The number of carbonyl (C=O) groups excluding carboxylic acids is 2. The molecule has 1 aromatic rings. The summed E-state index contributed by atoms with van der Waals surface area (Å²) in [6.45, 7) is 6.41. The van der Waals surface area contributed by atoms with E-state index < -0.39 is 17.6 Å². The molecule has 0 spiro atoms. The summed E-state index contributed by atoms with van der Waals surface area (Å²) in [6.07, 6.45) is 1.10. The zero-order valence-corrected chi connectivity index (χ0v) is 17.8. The molecule has 1 fully saturated rings. The van der Waals surface area contributed by atoms with Crippen molar-refractivity contribution in [2.75, 3.05) is 13.1 Å². The van der Waals surface area contributed by atoms with Crippen LogP contribution in [0.2, 0.25) is 0 Å². The van der Waals surface area contributed by atoms with Crippen molar-refractivity contribution in [1.29, 1.82) is 0 Å². The van der Waals surface area contributed by atoms with Crippen LogP contribution in [-0.4, -0.2) is 63.4 Å². The highest BCUT2D eigenvalue weighted by molar-refractivity contribution is 7.77. The van der Waals surface area contributed by atoms with E-state index in [4.69, 9.17) is 4.74 Å². The van der Waals surface area contributed by atoms with Crippen LogP contribution in [0.5, 0.6) is 0 Å². The normalized spacial score (nSPS) is 24.6. The van der Waals surface area contributed by atoms with Crippen LogP contribution in [0.4, 0.5) is 4.79 Å². The number of nitrogens with zero attached hydrogens (tertiary/aromatic N) is 2. The van der Waals surface area contributed by atoms with E-state index in [1.165, 1.54) is 0 Å². The average molecular weight is 421 g/mol. The third-order valence-electron chi connectivity index (χ3n) is 5.55. The van der Waals surface area contributed by atoms with Gasteiger partial charge < -0.3 is 19.5 Å². The first-order chi connectivity index (χ1) is 13.6. The van der Waals surface area contributed by atoms with Gasteiger partial charge in [-0.15, -0.1) is 0 Å². The van der Waals surface area contributed by atoms with Crippen molar-refractivity contribution < 1.29 is 24.2 Å². The number of carboxylic acids is 1. The molecule has 2 aliphatic rings. The first-order valence-corrected chi connectivity index (χ1v) is 10.2. The van der Waals surface area contributed by atoms with E-state index in [9.17, 15) is 19.5 Å². The van der Waals surface area contributed by atoms with Crippen molar-refractivity contribution in [3.05, 3.63) is 35.4 Å². The van der Waals surface area contributed by atoms with Gasteiger partial charge in [-0.05, 0) is 38.3 Å². The number of benzene rings is 1. The number of aliphatic carboxylic acids is 1. The zero-order valence-electron chi connectivity index (χ0n) is 16.9. The molecular weight excluding hydrogens is 392 g/mol. The van der Waals surface area contributed by atoms with Gasteiger partial charge in [-0.1, -0.05) is 37.1 Å². The average Bonchev–Trinajstić information content (AvgIpc) is 3.20. The van der Waals surface area contributed by atoms with Crippen molar-refractivity contribution in [1.82, 2.24) is 9.21 Å². The number of carboxylic acid groups (broad SMARTS) is 1. The SMILES string of the molecule is CC(C)(C)OC(=O)N1CC[C@H](N(S)[C@H](C=O)[C@@H]2c3cccc(c3)[C@H]2CC(=O)O)C1. The second-order valence-corrected chi connectivity index (χ2v) is 9.24. The number of thiol groups is 1. The number of fused-ring (bicyclic) bond motifs is 2. The molecule has 1 aliphatic heterocycles. The quantitative estimate of drug-likeness (QED) is 0.543. The summed E-state index contributed by atoms with van der Waals surface area (Å²) in [5.41, 5.74) is 1.32. The molecule has 7 nitrogen and oxygen atoms in total. The van der Waals surface area contributed by atoms with E-state index in [2.05, 4.69) is 12.8 Å². The Balaban J connectivity index is 1.73. The van der Waals surface area contributed by atoms with Gasteiger partial charge in [-0.3, -0.25) is 4.79 Å². The molecule has 0 radical (unpaired) electrons. The molecule has 8 heteroatoms. The largest absolute Gasteiger partial charge is 0.481 e. The van der Waals surface area contributed by atoms with E-state index in [1.54, 1.807) is 9.21 Å². The highest BCUT2D eigenvalue weighted by Crippen LogP contribution is 2.46. The minimum atomic E-state index is -0.894. The fourth-order valence-corrected chi connectivity index (χ4v) is 4.70. The standard InChI is InChI=1S/C21H28N2O5S/c1-21(2,3)28-20(27)22-8-7-15(11-22)23(29)17(12-24)19-14-6-4-5-13(9-14)16(19)10-18(25)26/h4-6,9,12,15-17,19,29H,7-8,10-11H2,1-3H3,(H,25,26)/t15-,16+,17+,19+/m0/s1. The van der Waals surface area contributed by atoms with Crippen molar-refractivity contribution in [2.24, 2.45) is 0 Å². The van der Waals surface area contributed by atoms with Gasteiger partial charge in [-0.2, -0.15) is 0 Å². The number of likely N-dealkylation sites (tertiary alicyclic amines) is 1. The summed E-state index contributed by atoms with van der Waals surface area (Å²) < 4.78 is 7.14. The van der Waals surface area contributed by atoms with Crippen LogP contribution in [0.1, 0.15) is 56.6 Å². The second kappa shape index (κ2) is 8.36. The molecule has 4 atom stereocenters. The van der Waals surface area contributed by atoms with Crippen LogP contribution in [-0.2, 0) is 14.3 Å². The number of amides is 1. The number of carbonyl (C=O) groups is 3. The summed E-state index contributed by atoms with van der Waals surface area (Å²) in [7, 11) is 0. The highest BCUT2D eigenvalue weighted by Gasteiger charge is 2.43. The van der Waals surface area contributed by atoms with Gasteiger partial charge in [0, 0.05) is 31.0 Å². The van der Waals surface area contributed by atoms with Gasteiger partial charge in [-0.25, -0.2) is 9.10 Å². The summed E-state index contributed by atoms with van der Waals surface area (Å²) >= 11 is 4.64. The van der Waals surface area contributed by atoms with Crippen molar-refractivity contribution in [3.63, 3.8) is 0 Å². The molecule has 1 amide bonds. The summed E-state index contributed by atoms with van der Waals surface area (Å²) in [6, 6.07) is 6.98. The Bertz CT molecular complexity index is 794. The Morgan fingerprint density at radius 3 is 2.69 bits per heavy atom. The van der Waals surface area contributed by atoms with E-state index in [0.717, 1.165) is 17.4 Å². The number of hydrogen-bond donors (Lipinski definition) is 2. The second-order valence-electron chi connectivity index (χ2n) is 8.78. The highest BCUT2D eigenvalue weighted by atomic mass is 32.1. The molecule has 0 aromatic heterocycles. The lowest BCUT2D eigenvalue weighted by molar-refractivity contribution is -0.137. The van der Waals surface area contributed by atoms with Gasteiger partial charge in [0.05, 0.1) is 12.5 Å². The fourth-order valence-electron chi connectivity index (χ4n) is 4.31. The molecule has 1 N–H and O–H groups in total. The topological polar surface area (TPSA) is 87.2 Å². The van der Waals surface area contributed by atoms with Crippen molar-refractivity contribution in [3.8, 4) is 0 Å². The van der Waals surface area contributed by atoms with Crippen LogP contribution in [0.15, 0.2) is 24.3 Å². The molecule has 1 aliphatic carbocycles. The maximum absolute atomic E-state index is 12.3. The van der Waals surface area contributed by atoms with Crippen LogP contribution in [0.25, 0.3) is 0 Å². The maximum atomic E-state index is 12.3. The third-order valence-corrected chi connectivity index (χ3v) is 6.15. The maximum Gasteiger partial charge on any atom is 0.410 e. The van der Waals surface area contributed by atoms with Gasteiger partial charge in [0.25, 0.3) is 0 Å². The van der Waals surface area contributed by atoms with Gasteiger partial charge in [0.15, 0.2) is 0 Å². The predicted molar refractivity (Wildman–Crippen MR) is 111 cm³/mol. The molecule has 1 aromatic carbocycles. The molecular formula is C21H28N2O5S. The first kappa shape index (κ1) is 21.6. The summed E-state index contributed by atoms with van der Waals surface area (Å²) in [4.78, 5) is 37.5. The molecule has 158 valence electrons. The predicted octanol–water partition coefficient (Wildman–Crippen LogP) is 3.07. The number of ether oxygens (including phenoxy) is 1. The third kappa shape index (κ3) is 4.75. The Morgan fingerprint density at radius 1 is 1.38 bits per heavy atom. The van der Waals surface area contributed by atoms with Crippen LogP contribution < -0.4 is 0 Å². The smallest absolute Gasteiger partial charge is 0.410 e. The van der Waals surface area contributed by atoms with Crippen molar-refractivity contribution in [2.45, 2.75) is 63.1 Å². The zero-order chi connectivity index (χ0) is 21.3. The van der Waals surface area contributed by atoms with E-state index in [-0.39, 0.29) is 30.4 Å². The monoisotopic (exact) mass is 420 g/mol. The molecule has 2 bridgehead atoms. The minimum absolute atomic E-state index is 0.0428. The number of aldehydes is 1. The van der Waals surface area contributed by atoms with E-state index >= 15 is 0 Å². The summed E-state index contributed by atoms with van der Waals surface area (Å²) in [5.74, 6) is -1.44. The lowest BCUT2D eigenvalue weighted by Crippen LogP contribution is -2.44. The number of rotatable bonds is 6. The van der Waals surface area contributed by atoms with Gasteiger partial charge >= 0.3 is 12.1 Å². The molecule has 0 unspecified atom stereocenters. The molecule has 1 saturated heterocycles. The Kier molecular flexibility index (Phi) is 6.24. The van der Waals surface area contributed by atoms with Crippen LogP contribution >= 0.6 is 12.8 Å². The van der Waals surface area contributed by atoms with Crippen LogP contribution in [0, 0.1) is 0 Å². The van der Waals surface area contributed by atoms with Crippen LogP contribution in [0.3, 0.4) is 0 Å². The van der Waals surface area contributed by atoms with E-state index in [0.29, 0.717) is 19.5 Å². The molecule has 0 saturated carbocycles. The Hall–Kier alpha value is -2.06. The lowest BCUT2D eigenvalue weighted by Gasteiger charge is -2.35. The molecule has 3 rings (SSSR count). The Morgan fingerprint density at radius 2 is 2.07 bits per heavy atom. The fraction of sp³-hybridized carbons (Fsp3) is 0.571. The minimum Gasteiger partial charge on any atom is -0.481 e. The van der Waals surface area contributed by atoms with E-state index in [1.807, 2.05) is 45.0 Å². The lowest BCUT2D eigenvalue weighted by atomic mass is 9.82.